The molecular formula is C18H15N5O2. The second kappa shape index (κ2) is 5.86. The maximum absolute atomic E-state index is 11.9. The van der Waals surface area contributed by atoms with Crippen molar-refractivity contribution in [3.8, 4) is 22.8 Å². The summed E-state index contributed by atoms with van der Waals surface area (Å²) in [7, 11) is 0. The van der Waals surface area contributed by atoms with Crippen LogP contribution in [0.3, 0.4) is 0 Å². The van der Waals surface area contributed by atoms with E-state index in [2.05, 4.69) is 20.3 Å². The van der Waals surface area contributed by atoms with Crippen LogP contribution >= 0.6 is 0 Å². The van der Waals surface area contributed by atoms with Crippen LogP contribution in [0.25, 0.3) is 22.8 Å². The Kier molecular flexibility index (Phi) is 3.53. The van der Waals surface area contributed by atoms with Gasteiger partial charge in [0.15, 0.2) is 5.82 Å². The number of benzene rings is 1. The van der Waals surface area contributed by atoms with Gasteiger partial charge < -0.3 is 16.0 Å². The van der Waals surface area contributed by atoms with Gasteiger partial charge in [0.25, 0.3) is 5.91 Å². The van der Waals surface area contributed by atoms with E-state index in [0.29, 0.717) is 29.2 Å². The molecule has 0 saturated carbocycles. The summed E-state index contributed by atoms with van der Waals surface area (Å²) in [6.45, 7) is 0.632. The molecule has 25 heavy (non-hydrogen) atoms. The molecule has 0 radical (unpaired) electrons. The summed E-state index contributed by atoms with van der Waals surface area (Å²) in [5.74, 6) is -0.0120. The minimum absolute atomic E-state index is 0.0694. The Hall–Kier alpha value is -3.48. The van der Waals surface area contributed by atoms with Crippen molar-refractivity contribution in [3.05, 3.63) is 59.4 Å². The lowest BCUT2D eigenvalue weighted by molar-refractivity contribution is 0.0944. The number of nitrogens with one attached hydrogen (secondary N) is 2. The van der Waals surface area contributed by atoms with E-state index in [0.717, 1.165) is 23.4 Å². The normalized spacial score (nSPS) is 13.2. The predicted octanol–water partition coefficient (Wildman–Crippen LogP) is 1.52. The summed E-state index contributed by atoms with van der Waals surface area (Å²) in [6.07, 6.45) is 2.44. The molecule has 124 valence electrons. The van der Waals surface area contributed by atoms with E-state index >= 15 is 0 Å². The fourth-order valence-electron chi connectivity index (χ4n) is 2.86. The molecule has 0 spiro atoms. The van der Waals surface area contributed by atoms with E-state index in [-0.39, 0.29) is 5.91 Å². The number of hydrogen-bond donors (Lipinski definition) is 3. The molecule has 1 aromatic carbocycles. The van der Waals surface area contributed by atoms with Gasteiger partial charge in [0.05, 0.1) is 17.0 Å². The number of amides is 2. The first-order valence-electron chi connectivity index (χ1n) is 7.85. The molecule has 0 bridgehead atoms. The third kappa shape index (κ3) is 2.76. The zero-order valence-electron chi connectivity index (χ0n) is 13.2. The Morgan fingerprint density at radius 1 is 1.16 bits per heavy atom. The summed E-state index contributed by atoms with van der Waals surface area (Å²) < 4.78 is 0. The maximum Gasteiger partial charge on any atom is 0.253 e. The number of rotatable bonds is 3. The van der Waals surface area contributed by atoms with Crippen LogP contribution in [0.5, 0.6) is 0 Å². The van der Waals surface area contributed by atoms with Gasteiger partial charge in [-0.25, -0.2) is 9.97 Å². The quantitative estimate of drug-likeness (QED) is 0.674. The van der Waals surface area contributed by atoms with Gasteiger partial charge >= 0.3 is 0 Å². The van der Waals surface area contributed by atoms with Crippen LogP contribution in [0.4, 0.5) is 0 Å². The van der Waals surface area contributed by atoms with Crippen LogP contribution in [0.15, 0.2) is 42.6 Å². The van der Waals surface area contributed by atoms with Crippen LogP contribution in [0.1, 0.15) is 26.4 Å². The highest BCUT2D eigenvalue weighted by Crippen LogP contribution is 2.24. The predicted molar refractivity (Wildman–Crippen MR) is 91.8 cm³/mol. The Balaban J connectivity index is 1.70. The smallest absolute Gasteiger partial charge is 0.253 e. The van der Waals surface area contributed by atoms with Crippen LogP contribution in [0, 0.1) is 0 Å². The number of carbonyl (C=O) groups excluding carboxylic acids is 2. The molecule has 1 aliphatic rings. The van der Waals surface area contributed by atoms with Gasteiger partial charge in [0.2, 0.25) is 5.91 Å². The molecule has 4 rings (SSSR count). The zero-order valence-corrected chi connectivity index (χ0v) is 13.2. The van der Waals surface area contributed by atoms with Crippen molar-refractivity contribution in [1.82, 2.24) is 20.3 Å². The molecule has 0 aliphatic carbocycles. The van der Waals surface area contributed by atoms with Crippen LogP contribution < -0.4 is 11.1 Å². The SMILES string of the molecule is NC(=O)c1ccc(-c2nccc(-c3cc4c([nH]3)CCNC4=O)n2)cc1. The molecule has 3 heterocycles. The van der Waals surface area contributed by atoms with E-state index in [1.54, 1.807) is 36.5 Å². The number of fused-ring (bicyclic) bond motifs is 1. The number of aromatic amines is 1. The zero-order chi connectivity index (χ0) is 17.4. The van der Waals surface area contributed by atoms with E-state index in [1.807, 2.05) is 6.07 Å². The van der Waals surface area contributed by atoms with Crippen molar-refractivity contribution in [3.63, 3.8) is 0 Å². The van der Waals surface area contributed by atoms with Crippen molar-refractivity contribution >= 4 is 11.8 Å². The molecule has 0 unspecified atom stereocenters. The summed E-state index contributed by atoms with van der Waals surface area (Å²) in [6, 6.07) is 10.4. The minimum atomic E-state index is -0.475. The van der Waals surface area contributed by atoms with Crippen molar-refractivity contribution in [2.75, 3.05) is 6.54 Å². The van der Waals surface area contributed by atoms with Crippen LogP contribution in [-0.4, -0.2) is 33.3 Å². The third-order valence-corrected chi connectivity index (χ3v) is 4.16. The minimum Gasteiger partial charge on any atom is -0.366 e. The number of carbonyl (C=O) groups is 2. The number of aromatic nitrogens is 3. The van der Waals surface area contributed by atoms with E-state index < -0.39 is 5.91 Å². The fourth-order valence-corrected chi connectivity index (χ4v) is 2.86. The first kappa shape index (κ1) is 15.1. The molecule has 0 atom stereocenters. The lowest BCUT2D eigenvalue weighted by Crippen LogP contribution is -2.31. The van der Waals surface area contributed by atoms with Gasteiger partial charge in [-0.2, -0.15) is 0 Å². The topological polar surface area (TPSA) is 114 Å². The van der Waals surface area contributed by atoms with Crippen LogP contribution in [0.2, 0.25) is 0 Å². The number of nitrogens with two attached hydrogens (primary N) is 1. The molecular weight excluding hydrogens is 318 g/mol. The lowest BCUT2D eigenvalue weighted by Gasteiger charge is -2.10. The number of hydrogen-bond acceptors (Lipinski definition) is 4. The summed E-state index contributed by atoms with van der Waals surface area (Å²) >= 11 is 0. The van der Waals surface area contributed by atoms with E-state index in [4.69, 9.17) is 5.73 Å². The van der Waals surface area contributed by atoms with Crippen molar-refractivity contribution in [2.45, 2.75) is 6.42 Å². The lowest BCUT2D eigenvalue weighted by atomic mass is 10.1. The molecule has 4 N–H and O–H groups in total. The molecule has 3 aromatic rings. The summed E-state index contributed by atoms with van der Waals surface area (Å²) in [5, 5.41) is 2.83. The molecule has 7 heteroatoms. The molecule has 2 aromatic heterocycles. The third-order valence-electron chi connectivity index (χ3n) is 4.16. The Morgan fingerprint density at radius 2 is 1.96 bits per heavy atom. The second-order valence-electron chi connectivity index (χ2n) is 5.79. The average Bonchev–Trinajstić information content (AvgIpc) is 3.08. The highest BCUT2D eigenvalue weighted by Gasteiger charge is 2.20. The number of H-pyrrole nitrogens is 1. The molecule has 7 nitrogen and oxygen atoms in total. The first-order valence-corrected chi connectivity index (χ1v) is 7.85. The van der Waals surface area contributed by atoms with E-state index in [1.165, 1.54) is 0 Å². The highest BCUT2D eigenvalue weighted by atomic mass is 16.2. The van der Waals surface area contributed by atoms with Crippen molar-refractivity contribution < 1.29 is 9.59 Å². The van der Waals surface area contributed by atoms with Gasteiger partial charge in [-0.3, -0.25) is 9.59 Å². The second-order valence-corrected chi connectivity index (χ2v) is 5.79. The molecule has 0 saturated heterocycles. The van der Waals surface area contributed by atoms with Gasteiger partial charge in [0.1, 0.15) is 0 Å². The Morgan fingerprint density at radius 3 is 2.68 bits per heavy atom. The van der Waals surface area contributed by atoms with Crippen molar-refractivity contribution in [2.24, 2.45) is 5.73 Å². The number of primary amides is 1. The highest BCUT2D eigenvalue weighted by molar-refractivity contribution is 5.97. The Bertz CT molecular complexity index is 975. The van der Waals surface area contributed by atoms with Gasteiger partial charge in [-0.05, 0) is 24.3 Å². The van der Waals surface area contributed by atoms with Gasteiger partial charge in [-0.1, -0.05) is 12.1 Å². The monoisotopic (exact) mass is 333 g/mol. The largest absolute Gasteiger partial charge is 0.366 e. The molecule has 0 fully saturated rings. The van der Waals surface area contributed by atoms with E-state index in [9.17, 15) is 9.59 Å². The maximum atomic E-state index is 11.9. The average molecular weight is 333 g/mol. The van der Waals surface area contributed by atoms with Gasteiger partial charge in [0, 0.05) is 36.0 Å². The fraction of sp³-hybridized carbons (Fsp3) is 0.111. The standard InChI is InChI=1S/C18H15N5O2/c19-16(24)10-1-3-11(4-2-10)17-20-7-6-14(23-17)15-9-12-13(22-15)5-8-21-18(12)25/h1-4,6-7,9,22H,5,8H2,(H2,19,24)(H,21,25). The van der Waals surface area contributed by atoms with Crippen molar-refractivity contribution in [1.29, 1.82) is 0 Å². The molecule has 1 aliphatic heterocycles. The van der Waals surface area contributed by atoms with Crippen LogP contribution in [-0.2, 0) is 6.42 Å². The summed E-state index contributed by atoms with van der Waals surface area (Å²) in [5.41, 5.74) is 9.52. The summed E-state index contributed by atoms with van der Waals surface area (Å²) in [4.78, 5) is 35.2. The molecule has 2 amide bonds. The first-order chi connectivity index (χ1) is 12.1. The Labute approximate surface area is 143 Å². The number of nitrogens with zero attached hydrogens (tertiary/aromatic N) is 2. The van der Waals surface area contributed by atoms with Gasteiger partial charge in [-0.15, -0.1) is 0 Å².